The smallest absolute Gasteiger partial charge is 0.257 e. The van der Waals surface area contributed by atoms with Gasteiger partial charge in [-0.2, -0.15) is 0 Å². The predicted molar refractivity (Wildman–Crippen MR) is 84.2 cm³/mol. The number of piperidine rings is 1. The Kier molecular flexibility index (Phi) is 5.48. The van der Waals surface area contributed by atoms with Gasteiger partial charge < -0.3 is 20.5 Å². The van der Waals surface area contributed by atoms with Gasteiger partial charge in [-0.1, -0.05) is 13.8 Å². The molecule has 1 aromatic carbocycles. The van der Waals surface area contributed by atoms with Gasteiger partial charge in [0.05, 0.1) is 12.7 Å². The van der Waals surface area contributed by atoms with Crippen LogP contribution >= 0.6 is 12.4 Å². The molecule has 1 aliphatic rings. The highest BCUT2D eigenvalue weighted by Crippen LogP contribution is 2.31. The number of benzene rings is 1. The summed E-state index contributed by atoms with van der Waals surface area (Å²) in [4.78, 5) is 14.3. The SMILES string of the molecule is COc1ccc(O)c(C(=O)N2CCC(N)C(C)(C)C2)c1.Cl. The average molecular weight is 315 g/mol. The minimum absolute atomic E-state index is 0. The van der Waals surface area contributed by atoms with Crippen LogP contribution in [-0.4, -0.2) is 42.2 Å². The van der Waals surface area contributed by atoms with E-state index in [0.29, 0.717) is 18.8 Å². The van der Waals surface area contributed by atoms with Crippen molar-refractivity contribution in [1.29, 1.82) is 0 Å². The maximum Gasteiger partial charge on any atom is 0.257 e. The van der Waals surface area contributed by atoms with E-state index in [0.717, 1.165) is 6.42 Å². The third kappa shape index (κ3) is 3.60. The molecule has 0 bridgehead atoms. The zero-order valence-electron chi connectivity index (χ0n) is 12.6. The van der Waals surface area contributed by atoms with Crippen LogP contribution in [0.2, 0.25) is 0 Å². The van der Waals surface area contributed by atoms with Crippen LogP contribution in [0.15, 0.2) is 18.2 Å². The largest absolute Gasteiger partial charge is 0.507 e. The molecular formula is C15H23ClN2O3. The second kappa shape index (κ2) is 6.54. The molecule has 0 aliphatic carbocycles. The minimum Gasteiger partial charge on any atom is -0.507 e. The molecule has 5 nitrogen and oxygen atoms in total. The number of phenolic OH excluding ortho intramolecular Hbond substituents is 1. The normalized spacial score (nSPS) is 20.6. The lowest BCUT2D eigenvalue weighted by Gasteiger charge is -2.42. The van der Waals surface area contributed by atoms with Gasteiger partial charge in [-0.15, -0.1) is 12.4 Å². The fourth-order valence-electron chi connectivity index (χ4n) is 2.53. The minimum atomic E-state index is -0.179. The molecule has 0 saturated carbocycles. The number of aromatic hydroxyl groups is 1. The van der Waals surface area contributed by atoms with E-state index in [2.05, 4.69) is 13.8 Å². The highest BCUT2D eigenvalue weighted by molar-refractivity contribution is 5.97. The molecule has 1 saturated heterocycles. The average Bonchev–Trinajstić information content (AvgIpc) is 2.41. The van der Waals surface area contributed by atoms with Crippen LogP contribution in [0.5, 0.6) is 11.5 Å². The summed E-state index contributed by atoms with van der Waals surface area (Å²) in [5, 5.41) is 9.89. The van der Waals surface area contributed by atoms with Gasteiger partial charge >= 0.3 is 0 Å². The lowest BCUT2D eigenvalue weighted by atomic mass is 9.79. The number of methoxy groups -OCH3 is 1. The molecule has 0 radical (unpaired) electrons. The van der Waals surface area contributed by atoms with E-state index in [1.54, 1.807) is 17.0 Å². The molecule has 1 aliphatic heterocycles. The van der Waals surface area contributed by atoms with Crippen molar-refractivity contribution >= 4 is 18.3 Å². The molecule has 0 spiro atoms. The maximum absolute atomic E-state index is 12.6. The summed E-state index contributed by atoms with van der Waals surface area (Å²) in [6.07, 6.45) is 0.767. The number of hydrogen-bond acceptors (Lipinski definition) is 4. The first-order chi connectivity index (χ1) is 9.35. The molecule has 1 heterocycles. The fraction of sp³-hybridized carbons (Fsp3) is 0.533. The Morgan fingerprint density at radius 3 is 2.71 bits per heavy atom. The fourth-order valence-corrected chi connectivity index (χ4v) is 2.53. The maximum atomic E-state index is 12.6. The zero-order valence-corrected chi connectivity index (χ0v) is 13.4. The highest BCUT2D eigenvalue weighted by Gasteiger charge is 2.36. The Balaban J connectivity index is 0.00000220. The van der Waals surface area contributed by atoms with Crippen molar-refractivity contribution in [1.82, 2.24) is 4.90 Å². The van der Waals surface area contributed by atoms with Crippen molar-refractivity contribution in [2.24, 2.45) is 11.1 Å². The van der Waals surface area contributed by atoms with E-state index < -0.39 is 0 Å². The number of nitrogens with two attached hydrogens (primary N) is 1. The van der Waals surface area contributed by atoms with Gasteiger partial charge in [-0.3, -0.25) is 4.79 Å². The Labute approximate surface area is 131 Å². The summed E-state index contributed by atoms with van der Waals surface area (Å²) in [5.74, 6) is 0.351. The van der Waals surface area contributed by atoms with Crippen LogP contribution in [-0.2, 0) is 0 Å². The van der Waals surface area contributed by atoms with Crippen molar-refractivity contribution < 1.29 is 14.6 Å². The molecule has 118 valence electrons. The van der Waals surface area contributed by atoms with Gasteiger partial charge in [0, 0.05) is 19.1 Å². The molecule has 21 heavy (non-hydrogen) atoms. The zero-order chi connectivity index (χ0) is 14.9. The van der Waals surface area contributed by atoms with Crippen molar-refractivity contribution in [3.63, 3.8) is 0 Å². The summed E-state index contributed by atoms with van der Waals surface area (Å²) in [6.45, 7) is 5.31. The summed E-state index contributed by atoms with van der Waals surface area (Å²) in [6, 6.07) is 4.76. The first kappa shape index (κ1) is 17.6. The molecule has 1 amide bonds. The van der Waals surface area contributed by atoms with E-state index in [9.17, 15) is 9.90 Å². The van der Waals surface area contributed by atoms with Crippen molar-refractivity contribution in [3.8, 4) is 11.5 Å². The van der Waals surface area contributed by atoms with E-state index in [1.807, 2.05) is 0 Å². The van der Waals surface area contributed by atoms with Crippen LogP contribution in [0, 0.1) is 5.41 Å². The molecule has 3 N–H and O–H groups in total. The van der Waals surface area contributed by atoms with E-state index >= 15 is 0 Å². The highest BCUT2D eigenvalue weighted by atomic mass is 35.5. The van der Waals surface area contributed by atoms with Crippen LogP contribution in [0.4, 0.5) is 0 Å². The number of rotatable bonds is 2. The molecule has 1 unspecified atom stereocenters. The Hall–Kier alpha value is -1.46. The Morgan fingerprint density at radius 1 is 1.48 bits per heavy atom. The van der Waals surface area contributed by atoms with Gasteiger partial charge in [0.15, 0.2) is 0 Å². The number of carbonyl (C=O) groups is 1. The number of ether oxygens (including phenoxy) is 1. The topological polar surface area (TPSA) is 75.8 Å². The quantitative estimate of drug-likeness (QED) is 0.875. The van der Waals surface area contributed by atoms with Gasteiger partial charge in [0.2, 0.25) is 0 Å². The van der Waals surface area contributed by atoms with E-state index in [1.165, 1.54) is 13.2 Å². The van der Waals surface area contributed by atoms with Crippen LogP contribution in [0.3, 0.4) is 0 Å². The molecular weight excluding hydrogens is 292 g/mol. The first-order valence-electron chi connectivity index (χ1n) is 6.77. The number of halogens is 1. The monoisotopic (exact) mass is 314 g/mol. The number of phenols is 1. The molecule has 1 fully saturated rings. The van der Waals surface area contributed by atoms with Gasteiger partial charge in [-0.05, 0) is 30.0 Å². The number of carbonyl (C=O) groups excluding carboxylic acids is 1. The van der Waals surface area contributed by atoms with Crippen LogP contribution < -0.4 is 10.5 Å². The summed E-state index contributed by atoms with van der Waals surface area (Å²) < 4.78 is 5.10. The Bertz CT molecular complexity index is 520. The summed E-state index contributed by atoms with van der Waals surface area (Å²) in [5.41, 5.74) is 6.23. The lowest BCUT2D eigenvalue weighted by molar-refractivity contribution is 0.0530. The third-order valence-electron chi connectivity index (χ3n) is 4.03. The second-order valence-electron chi connectivity index (χ2n) is 5.99. The van der Waals surface area contributed by atoms with Crippen LogP contribution in [0.1, 0.15) is 30.6 Å². The van der Waals surface area contributed by atoms with E-state index in [-0.39, 0.29) is 41.1 Å². The lowest BCUT2D eigenvalue weighted by Crippen LogP contribution is -2.54. The van der Waals surface area contributed by atoms with Crippen molar-refractivity contribution in [2.75, 3.05) is 20.2 Å². The van der Waals surface area contributed by atoms with Gasteiger partial charge in [0.25, 0.3) is 5.91 Å². The predicted octanol–water partition coefficient (Wildman–Crippen LogP) is 2.02. The summed E-state index contributed by atoms with van der Waals surface area (Å²) in [7, 11) is 1.53. The number of nitrogens with zero attached hydrogens (tertiary/aromatic N) is 1. The summed E-state index contributed by atoms with van der Waals surface area (Å²) >= 11 is 0. The Morgan fingerprint density at radius 2 is 2.14 bits per heavy atom. The molecule has 0 aromatic heterocycles. The first-order valence-corrected chi connectivity index (χ1v) is 6.77. The number of amides is 1. The second-order valence-corrected chi connectivity index (χ2v) is 5.99. The number of likely N-dealkylation sites (tertiary alicyclic amines) is 1. The van der Waals surface area contributed by atoms with E-state index in [4.69, 9.17) is 10.5 Å². The van der Waals surface area contributed by atoms with Gasteiger partial charge in [0.1, 0.15) is 11.5 Å². The van der Waals surface area contributed by atoms with Crippen LogP contribution in [0.25, 0.3) is 0 Å². The molecule has 1 atom stereocenters. The standard InChI is InChI=1S/C15H22N2O3.ClH/c1-15(2)9-17(7-6-13(15)16)14(19)11-8-10(20-3)4-5-12(11)18;/h4-5,8,13,18H,6-7,9,16H2,1-3H3;1H. The van der Waals surface area contributed by atoms with Gasteiger partial charge in [-0.25, -0.2) is 0 Å². The van der Waals surface area contributed by atoms with Crippen molar-refractivity contribution in [3.05, 3.63) is 23.8 Å². The molecule has 1 aromatic rings. The molecule has 2 rings (SSSR count). The molecule has 6 heteroatoms. The number of hydrogen-bond donors (Lipinski definition) is 2. The third-order valence-corrected chi connectivity index (χ3v) is 4.03. The van der Waals surface area contributed by atoms with Crippen molar-refractivity contribution in [2.45, 2.75) is 26.3 Å².